The van der Waals surface area contributed by atoms with Crippen LogP contribution in [0.2, 0.25) is 0 Å². The number of ether oxygens (including phenoxy) is 1. The number of amides is 1. The van der Waals surface area contributed by atoms with Crippen molar-refractivity contribution in [2.24, 2.45) is 0 Å². The fourth-order valence-electron chi connectivity index (χ4n) is 1.84. The van der Waals surface area contributed by atoms with E-state index in [1.807, 2.05) is 19.1 Å². The molecule has 0 spiro atoms. The molecule has 1 aromatic rings. The van der Waals surface area contributed by atoms with E-state index in [1.54, 1.807) is 13.0 Å². The summed E-state index contributed by atoms with van der Waals surface area (Å²) in [7, 11) is 0. The van der Waals surface area contributed by atoms with Crippen LogP contribution in [0.15, 0.2) is 18.2 Å². The number of hydrogen-bond donors (Lipinski definition) is 3. The Labute approximate surface area is 113 Å². The molecule has 1 unspecified atom stereocenters. The lowest BCUT2D eigenvalue weighted by molar-refractivity contribution is 0.0517. The minimum Gasteiger partial charge on any atom is -0.489 e. The maximum Gasteiger partial charge on any atom is 0.255 e. The zero-order valence-corrected chi connectivity index (χ0v) is 11.3. The maximum atomic E-state index is 12.1. The van der Waals surface area contributed by atoms with Gasteiger partial charge in [-0.25, -0.2) is 0 Å². The molecule has 0 bridgehead atoms. The van der Waals surface area contributed by atoms with Crippen LogP contribution in [0.3, 0.4) is 0 Å². The summed E-state index contributed by atoms with van der Waals surface area (Å²) in [6, 6.07) is 5.42. The number of nitrogens with one attached hydrogen (secondary N) is 2. The van der Waals surface area contributed by atoms with Crippen LogP contribution in [0.1, 0.15) is 30.6 Å². The maximum absolute atomic E-state index is 12.1. The van der Waals surface area contributed by atoms with Crippen molar-refractivity contribution in [3.8, 4) is 5.75 Å². The van der Waals surface area contributed by atoms with Gasteiger partial charge in [0.25, 0.3) is 5.91 Å². The van der Waals surface area contributed by atoms with E-state index in [4.69, 9.17) is 4.74 Å². The number of carbonyl (C=O) groups excluding carboxylic acids is 1. The molecule has 5 nitrogen and oxygen atoms in total. The van der Waals surface area contributed by atoms with E-state index < -0.39 is 5.60 Å². The quantitative estimate of drug-likeness (QED) is 0.768. The first kappa shape index (κ1) is 13.7. The lowest BCUT2D eigenvalue weighted by atomic mass is 10.0. The summed E-state index contributed by atoms with van der Waals surface area (Å²) in [6.07, 6.45) is 0.582. The molecule has 2 rings (SSSR count). The molecule has 1 heterocycles. The molecule has 1 amide bonds. The molecule has 1 aliphatic heterocycles. The molecule has 1 aromatic carbocycles. The average molecular weight is 264 g/mol. The number of carbonyl (C=O) groups is 1. The average Bonchev–Trinajstić information content (AvgIpc) is 2.44. The van der Waals surface area contributed by atoms with Gasteiger partial charge < -0.3 is 20.5 Å². The fraction of sp³-hybridized carbons (Fsp3) is 0.500. The smallest absolute Gasteiger partial charge is 0.255 e. The van der Waals surface area contributed by atoms with Crippen LogP contribution >= 0.6 is 0 Å². The van der Waals surface area contributed by atoms with Gasteiger partial charge >= 0.3 is 0 Å². The Bertz CT molecular complexity index is 472. The van der Waals surface area contributed by atoms with Gasteiger partial charge in [0.1, 0.15) is 6.61 Å². The summed E-state index contributed by atoms with van der Waals surface area (Å²) in [4.78, 5) is 12.1. The minimum atomic E-state index is -0.885. The second-order valence-corrected chi connectivity index (χ2v) is 4.99. The molecule has 0 aromatic heterocycles. The summed E-state index contributed by atoms with van der Waals surface area (Å²) in [6.45, 7) is 5.08. The normalized spacial score (nSPS) is 16.6. The lowest BCUT2D eigenvalue weighted by Crippen LogP contribution is -2.40. The van der Waals surface area contributed by atoms with Crippen molar-refractivity contribution >= 4 is 11.6 Å². The molecule has 0 aliphatic carbocycles. The van der Waals surface area contributed by atoms with E-state index in [9.17, 15) is 9.90 Å². The first-order valence-corrected chi connectivity index (χ1v) is 6.54. The summed E-state index contributed by atoms with van der Waals surface area (Å²) >= 11 is 0. The Morgan fingerprint density at radius 1 is 1.58 bits per heavy atom. The van der Waals surface area contributed by atoms with Gasteiger partial charge in [0, 0.05) is 13.1 Å². The van der Waals surface area contributed by atoms with E-state index in [-0.39, 0.29) is 12.5 Å². The van der Waals surface area contributed by atoms with E-state index in [0.717, 1.165) is 12.2 Å². The number of para-hydroxylation sites is 1. The van der Waals surface area contributed by atoms with Crippen molar-refractivity contribution in [2.75, 3.05) is 25.0 Å². The molecule has 0 radical (unpaired) electrons. The van der Waals surface area contributed by atoms with Crippen LogP contribution < -0.4 is 15.4 Å². The largest absolute Gasteiger partial charge is 0.489 e. The molecule has 3 N–H and O–H groups in total. The second kappa shape index (κ2) is 5.48. The first-order valence-electron chi connectivity index (χ1n) is 6.54. The van der Waals surface area contributed by atoms with Gasteiger partial charge in [0.05, 0.1) is 16.9 Å². The standard InChI is InChI=1S/C14H20N2O3/c1-3-14(2,18)9-16-13(17)10-5-4-6-11-12(10)19-8-7-15-11/h4-6,15,18H,3,7-9H2,1-2H3,(H,16,17). The predicted octanol–water partition coefficient (Wildman–Crippen LogP) is 1.38. The molecule has 104 valence electrons. The van der Waals surface area contributed by atoms with Crippen molar-refractivity contribution in [1.82, 2.24) is 5.32 Å². The zero-order chi connectivity index (χ0) is 13.9. The third-order valence-corrected chi connectivity index (χ3v) is 3.32. The summed E-state index contributed by atoms with van der Waals surface area (Å²) in [5, 5.41) is 15.8. The minimum absolute atomic E-state index is 0.222. The lowest BCUT2D eigenvalue weighted by Gasteiger charge is -2.24. The number of anilines is 1. The first-order chi connectivity index (χ1) is 9.03. The Balaban J connectivity index is 2.11. The highest BCUT2D eigenvalue weighted by molar-refractivity contribution is 5.99. The van der Waals surface area contributed by atoms with E-state index in [2.05, 4.69) is 10.6 Å². The fourth-order valence-corrected chi connectivity index (χ4v) is 1.84. The molecule has 0 saturated carbocycles. The molecule has 0 saturated heterocycles. The Hall–Kier alpha value is -1.75. The van der Waals surface area contributed by atoms with E-state index in [0.29, 0.717) is 24.3 Å². The zero-order valence-electron chi connectivity index (χ0n) is 11.3. The third-order valence-electron chi connectivity index (χ3n) is 3.32. The Morgan fingerprint density at radius 3 is 3.11 bits per heavy atom. The highest BCUT2D eigenvalue weighted by atomic mass is 16.5. The van der Waals surface area contributed by atoms with Gasteiger partial charge in [-0.15, -0.1) is 0 Å². The molecular weight excluding hydrogens is 244 g/mol. The summed E-state index contributed by atoms with van der Waals surface area (Å²) in [5.41, 5.74) is 0.446. The highest BCUT2D eigenvalue weighted by Crippen LogP contribution is 2.31. The third kappa shape index (κ3) is 3.17. The van der Waals surface area contributed by atoms with Gasteiger partial charge in [-0.05, 0) is 25.5 Å². The van der Waals surface area contributed by atoms with Crippen molar-refractivity contribution in [3.05, 3.63) is 23.8 Å². The number of fused-ring (bicyclic) bond motifs is 1. The number of benzene rings is 1. The van der Waals surface area contributed by atoms with Crippen LogP contribution in [0.25, 0.3) is 0 Å². The van der Waals surface area contributed by atoms with Gasteiger partial charge in [-0.1, -0.05) is 13.0 Å². The topological polar surface area (TPSA) is 70.6 Å². The Kier molecular flexibility index (Phi) is 3.95. The van der Waals surface area contributed by atoms with Crippen molar-refractivity contribution < 1.29 is 14.6 Å². The van der Waals surface area contributed by atoms with Crippen molar-refractivity contribution in [1.29, 1.82) is 0 Å². The molecule has 19 heavy (non-hydrogen) atoms. The van der Waals surface area contributed by atoms with Crippen molar-refractivity contribution in [2.45, 2.75) is 25.9 Å². The number of hydrogen-bond acceptors (Lipinski definition) is 4. The highest BCUT2D eigenvalue weighted by Gasteiger charge is 2.22. The van der Waals surface area contributed by atoms with Crippen LogP contribution in [0.4, 0.5) is 5.69 Å². The molecule has 1 aliphatic rings. The number of rotatable bonds is 4. The van der Waals surface area contributed by atoms with Crippen LogP contribution in [-0.2, 0) is 0 Å². The van der Waals surface area contributed by atoms with Gasteiger partial charge in [0.2, 0.25) is 0 Å². The summed E-state index contributed by atoms with van der Waals surface area (Å²) < 4.78 is 5.55. The SMILES string of the molecule is CCC(C)(O)CNC(=O)c1cccc2c1OCCN2. The van der Waals surface area contributed by atoms with Gasteiger partial charge in [-0.3, -0.25) is 4.79 Å². The molecule has 1 atom stereocenters. The van der Waals surface area contributed by atoms with E-state index in [1.165, 1.54) is 0 Å². The summed E-state index contributed by atoms with van der Waals surface area (Å²) in [5.74, 6) is 0.358. The predicted molar refractivity (Wildman–Crippen MR) is 73.7 cm³/mol. The van der Waals surface area contributed by atoms with Gasteiger partial charge in [0.15, 0.2) is 5.75 Å². The molecule has 5 heteroatoms. The van der Waals surface area contributed by atoms with Crippen LogP contribution in [-0.4, -0.2) is 36.3 Å². The van der Waals surface area contributed by atoms with Crippen LogP contribution in [0, 0.1) is 0 Å². The van der Waals surface area contributed by atoms with Crippen molar-refractivity contribution in [3.63, 3.8) is 0 Å². The monoisotopic (exact) mass is 264 g/mol. The second-order valence-electron chi connectivity index (χ2n) is 4.99. The molecular formula is C14H20N2O3. The van der Waals surface area contributed by atoms with Crippen LogP contribution in [0.5, 0.6) is 5.75 Å². The Morgan fingerprint density at radius 2 is 2.37 bits per heavy atom. The van der Waals surface area contributed by atoms with E-state index >= 15 is 0 Å². The number of aliphatic hydroxyl groups is 1. The van der Waals surface area contributed by atoms with Gasteiger partial charge in [-0.2, -0.15) is 0 Å². The molecule has 0 fully saturated rings.